The summed E-state index contributed by atoms with van der Waals surface area (Å²) in [6, 6.07) is 16.9. The lowest BCUT2D eigenvalue weighted by Gasteiger charge is -2.08. The third kappa shape index (κ3) is 3.77. The normalized spacial score (nSPS) is 10.8. The highest BCUT2D eigenvalue weighted by Crippen LogP contribution is 2.27. The molecule has 0 aliphatic heterocycles. The van der Waals surface area contributed by atoms with Crippen LogP contribution in [0, 0.1) is 13.8 Å². The molecule has 0 N–H and O–H groups in total. The van der Waals surface area contributed by atoms with Gasteiger partial charge in [0, 0.05) is 17.9 Å². The van der Waals surface area contributed by atoms with Gasteiger partial charge in [-0.2, -0.15) is 0 Å². The topological polar surface area (TPSA) is 30.7 Å². The van der Waals surface area contributed by atoms with E-state index < -0.39 is 0 Å². The molecule has 0 saturated heterocycles. The molecule has 0 amide bonds. The molecule has 0 bridgehead atoms. The minimum absolute atomic E-state index is 0.701. The Morgan fingerprint density at radius 1 is 1.04 bits per heavy atom. The third-order valence-electron chi connectivity index (χ3n) is 3.76. The minimum Gasteiger partial charge on any atom is -0.298 e. The van der Waals surface area contributed by atoms with E-state index in [2.05, 4.69) is 83.7 Å². The van der Waals surface area contributed by atoms with E-state index in [1.807, 2.05) is 6.08 Å². The summed E-state index contributed by atoms with van der Waals surface area (Å²) in [6.07, 6.45) is 1.89. The van der Waals surface area contributed by atoms with Gasteiger partial charge in [0.25, 0.3) is 0 Å². The molecule has 2 aromatic carbocycles. The molecule has 0 aliphatic rings. The summed E-state index contributed by atoms with van der Waals surface area (Å²) in [6.45, 7) is 8.78. The zero-order chi connectivity index (χ0) is 16.9. The first-order chi connectivity index (χ1) is 11.7. The summed E-state index contributed by atoms with van der Waals surface area (Å²) < 4.78 is 2.13. The van der Waals surface area contributed by atoms with Crippen LogP contribution in [0.15, 0.2) is 66.3 Å². The second kappa shape index (κ2) is 7.49. The van der Waals surface area contributed by atoms with Crippen LogP contribution in [0.1, 0.15) is 16.7 Å². The number of allylic oxidation sites excluding steroid dienone is 1. The highest BCUT2D eigenvalue weighted by molar-refractivity contribution is 7.98. The fourth-order valence-electron chi connectivity index (χ4n) is 2.64. The van der Waals surface area contributed by atoms with Crippen molar-refractivity contribution >= 4 is 11.8 Å². The van der Waals surface area contributed by atoms with E-state index in [9.17, 15) is 0 Å². The van der Waals surface area contributed by atoms with Crippen molar-refractivity contribution in [3.05, 3.63) is 77.9 Å². The Labute approximate surface area is 147 Å². The number of aromatic nitrogens is 3. The molecule has 122 valence electrons. The molecule has 1 aromatic heterocycles. The van der Waals surface area contributed by atoms with Gasteiger partial charge in [-0.3, -0.25) is 4.57 Å². The molecule has 0 saturated carbocycles. The molecule has 0 spiro atoms. The van der Waals surface area contributed by atoms with Gasteiger partial charge in [0.05, 0.1) is 0 Å². The molecule has 1 heterocycles. The van der Waals surface area contributed by atoms with Gasteiger partial charge in [-0.05, 0) is 25.5 Å². The minimum atomic E-state index is 0.701. The molecule has 4 heteroatoms. The number of hydrogen-bond acceptors (Lipinski definition) is 3. The zero-order valence-electron chi connectivity index (χ0n) is 14.1. The van der Waals surface area contributed by atoms with E-state index in [-0.39, 0.29) is 0 Å². The van der Waals surface area contributed by atoms with Crippen molar-refractivity contribution in [2.75, 3.05) is 0 Å². The molecular weight excluding hydrogens is 314 g/mol. The Morgan fingerprint density at radius 2 is 1.79 bits per heavy atom. The van der Waals surface area contributed by atoms with E-state index in [4.69, 9.17) is 0 Å². The van der Waals surface area contributed by atoms with Crippen molar-refractivity contribution in [1.29, 1.82) is 0 Å². The molecule has 0 unspecified atom stereocenters. The van der Waals surface area contributed by atoms with Gasteiger partial charge < -0.3 is 0 Å². The highest BCUT2D eigenvalue weighted by Gasteiger charge is 2.13. The number of rotatable bonds is 6. The number of nitrogens with zero attached hydrogens (tertiary/aromatic N) is 3. The summed E-state index contributed by atoms with van der Waals surface area (Å²) in [5.74, 6) is 1.77. The number of aryl methyl sites for hydroxylation is 2. The quantitative estimate of drug-likeness (QED) is 0.467. The SMILES string of the molecule is C=CCn1c(SCc2cccc(C)c2)nnc1-c1cccc(C)c1. The van der Waals surface area contributed by atoms with Crippen molar-refractivity contribution in [2.45, 2.75) is 31.3 Å². The summed E-state index contributed by atoms with van der Waals surface area (Å²) in [4.78, 5) is 0. The first-order valence-corrected chi connectivity index (χ1v) is 8.95. The van der Waals surface area contributed by atoms with Crippen LogP contribution in [0.5, 0.6) is 0 Å². The van der Waals surface area contributed by atoms with Crippen LogP contribution in [-0.2, 0) is 12.3 Å². The highest BCUT2D eigenvalue weighted by atomic mass is 32.2. The fraction of sp³-hybridized carbons (Fsp3) is 0.200. The van der Waals surface area contributed by atoms with Gasteiger partial charge >= 0.3 is 0 Å². The maximum absolute atomic E-state index is 4.42. The molecular formula is C20H21N3S. The molecule has 3 aromatic rings. The van der Waals surface area contributed by atoms with Crippen LogP contribution < -0.4 is 0 Å². The fourth-order valence-corrected chi connectivity index (χ4v) is 3.53. The number of hydrogen-bond donors (Lipinski definition) is 0. The van der Waals surface area contributed by atoms with E-state index >= 15 is 0 Å². The lowest BCUT2D eigenvalue weighted by molar-refractivity contribution is 0.731. The zero-order valence-corrected chi connectivity index (χ0v) is 14.9. The van der Waals surface area contributed by atoms with Crippen molar-refractivity contribution in [3.63, 3.8) is 0 Å². The van der Waals surface area contributed by atoms with Crippen molar-refractivity contribution < 1.29 is 0 Å². The molecule has 0 radical (unpaired) electrons. The monoisotopic (exact) mass is 335 g/mol. The number of benzene rings is 2. The van der Waals surface area contributed by atoms with Gasteiger partial charge in [-0.1, -0.05) is 71.4 Å². The van der Waals surface area contributed by atoms with E-state index in [1.165, 1.54) is 16.7 Å². The van der Waals surface area contributed by atoms with Crippen LogP contribution >= 0.6 is 11.8 Å². The van der Waals surface area contributed by atoms with Gasteiger partial charge in [0.2, 0.25) is 0 Å². The second-order valence-electron chi connectivity index (χ2n) is 5.85. The Balaban J connectivity index is 1.87. The van der Waals surface area contributed by atoms with Crippen molar-refractivity contribution in [1.82, 2.24) is 14.8 Å². The lowest BCUT2D eigenvalue weighted by Crippen LogP contribution is -2.00. The van der Waals surface area contributed by atoms with Crippen LogP contribution in [0.2, 0.25) is 0 Å². The van der Waals surface area contributed by atoms with E-state index in [0.29, 0.717) is 6.54 Å². The standard InChI is InChI=1S/C20H21N3S/c1-4-11-23-19(18-10-6-8-16(3)13-18)21-22-20(23)24-14-17-9-5-7-15(2)12-17/h4-10,12-13H,1,11,14H2,2-3H3. The average Bonchev–Trinajstić information content (AvgIpc) is 2.96. The first-order valence-electron chi connectivity index (χ1n) is 7.97. The first kappa shape index (κ1) is 16.5. The maximum atomic E-state index is 4.42. The number of thioether (sulfide) groups is 1. The summed E-state index contributed by atoms with van der Waals surface area (Å²) in [5.41, 5.74) is 4.88. The predicted octanol–water partition coefficient (Wildman–Crippen LogP) is 5.04. The van der Waals surface area contributed by atoms with Gasteiger partial charge in [0.1, 0.15) is 0 Å². The maximum Gasteiger partial charge on any atom is 0.192 e. The summed E-state index contributed by atoms with van der Waals surface area (Å²) >= 11 is 1.71. The van der Waals surface area contributed by atoms with E-state index in [0.717, 1.165) is 22.3 Å². The van der Waals surface area contributed by atoms with Crippen LogP contribution in [0.3, 0.4) is 0 Å². The second-order valence-corrected chi connectivity index (χ2v) is 6.80. The van der Waals surface area contributed by atoms with Crippen LogP contribution in [0.25, 0.3) is 11.4 Å². The average molecular weight is 335 g/mol. The molecule has 0 fully saturated rings. The molecule has 0 atom stereocenters. The molecule has 0 aliphatic carbocycles. The van der Waals surface area contributed by atoms with Crippen molar-refractivity contribution in [3.8, 4) is 11.4 Å². The molecule has 3 rings (SSSR count). The van der Waals surface area contributed by atoms with Crippen molar-refractivity contribution in [2.24, 2.45) is 0 Å². The van der Waals surface area contributed by atoms with E-state index in [1.54, 1.807) is 11.8 Å². The molecule has 24 heavy (non-hydrogen) atoms. The smallest absolute Gasteiger partial charge is 0.192 e. The predicted molar refractivity (Wildman–Crippen MR) is 101 cm³/mol. The Morgan fingerprint density at radius 3 is 2.50 bits per heavy atom. The van der Waals surface area contributed by atoms with Gasteiger partial charge in [0.15, 0.2) is 11.0 Å². The van der Waals surface area contributed by atoms with Gasteiger partial charge in [-0.15, -0.1) is 16.8 Å². The Hall–Kier alpha value is -2.33. The lowest BCUT2D eigenvalue weighted by atomic mass is 10.1. The Bertz CT molecular complexity index is 852. The van der Waals surface area contributed by atoms with Gasteiger partial charge in [-0.25, -0.2) is 0 Å². The molecule has 3 nitrogen and oxygen atoms in total. The largest absolute Gasteiger partial charge is 0.298 e. The third-order valence-corrected chi connectivity index (χ3v) is 4.79. The van der Waals surface area contributed by atoms with Crippen LogP contribution in [0.4, 0.5) is 0 Å². The summed E-state index contributed by atoms with van der Waals surface area (Å²) in [5, 5.41) is 9.75. The summed E-state index contributed by atoms with van der Waals surface area (Å²) in [7, 11) is 0. The Kier molecular flexibility index (Phi) is 5.16. The van der Waals surface area contributed by atoms with Crippen LogP contribution in [-0.4, -0.2) is 14.8 Å².